The van der Waals surface area contributed by atoms with Crippen LogP contribution in [0.25, 0.3) is 12.2 Å². The molecule has 0 radical (unpaired) electrons. The van der Waals surface area contributed by atoms with E-state index in [0.29, 0.717) is 18.5 Å². The van der Waals surface area contributed by atoms with Gasteiger partial charge in [-0.1, -0.05) is 65.3 Å². The predicted octanol–water partition coefficient (Wildman–Crippen LogP) is 5.06. The van der Waals surface area contributed by atoms with E-state index in [0.717, 1.165) is 30.4 Å². The Kier molecular flexibility index (Phi) is 7.31. The number of nitrogens with one attached hydrogen (secondary N) is 1. The van der Waals surface area contributed by atoms with Crippen molar-refractivity contribution in [1.29, 1.82) is 0 Å². The van der Waals surface area contributed by atoms with Crippen molar-refractivity contribution >= 4 is 28.1 Å². The summed E-state index contributed by atoms with van der Waals surface area (Å²) < 4.78 is 34.0. The van der Waals surface area contributed by atoms with Crippen LogP contribution in [-0.4, -0.2) is 36.9 Å². The summed E-state index contributed by atoms with van der Waals surface area (Å²) in [6.45, 7) is 4.22. The molecule has 1 amide bonds. The first-order valence-electron chi connectivity index (χ1n) is 12.9. The lowest BCUT2D eigenvalue weighted by molar-refractivity contribution is -0.127. The molecule has 1 atom stereocenters. The lowest BCUT2D eigenvalue weighted by Crippen LogP contribution is -2.44. The van der Waals surface area contributed by atoms with Crippen LogP contribution in [0.4, 0.5) is 0 Å². The summed E-state index contributed by atoms with van der Waals surface area (Å²) in [6, 6.07) is 16.2. The molecule has 194 valence electrons. The van der Waals surface area contributed by atoms with Gasteiger partial charge < -0.3 is 9.84 Å². The molecule has 0 saturated carbocycles. The Morgan fingerprint density at radius 3 is 2.51 bits per heavy atom. The van der Waals surface area contributed by atoms with Crippen LogP contribution in [0.2, 0.25) is 0 Å². The van der Waals surface area contributed by atoms with Crippen LogP contribution in [0.5, 0.6) is 0 Å². The molecule has 1 aliphatic heterocycles. The van der Waals surface area contributed by atoms with E-state index >= 15 is 0 Å². The number of hydrogen-bond donors (Lipinski definition) is 1. The number of aromatic nitrogens is 1. The summed E-state index contributed by atoms with van der Waals surface area (Å²) in [5.74, 6) is 0.0283. The van der Waals surface area contributed by atoms with Gasteiger partial charge in [0.25, 0.3) is 0 Å². The number of benzene rings is 2. The average molecular weight is 520 g/mol. The van der Waals surface area contributed by atoms with Gasteiger partial charge in [0.05, 0.1) is 6.04 Å². The Morgan fingerprint density at radius 2 is 1.76 bits per heavy atom. The maximum Gasteiger partial charge on any atom is 0.248 e. The number of amides is 1. The summed E-state index contributed by atoms with van der Waals surface area (Å²) >= 11 is 0. The minimum Gasteiger partial charge on any atom is -0.355 e. The third-order valence-corrected chi connectivity index (χ3v) is 9.50. The first-order valence-corrected chi connectivity index (χ1v) is 14.4. The maximum absolute atomic E-state index is 13.6. The Bertz CT molecular complexity index is 1400. The lowest BCUT2D eigenvalue weighted by atomic mass is 9.87. The third kappa shape index (κ3) is 5.40. The van der Waals surface area contributed by atoms with E-state index in [2.05, 4.69) is 22.6 Å². The zero-order valence-corrected chi connectivity index (χ0v) is 22.1. The molecule has 0 unspecified atom stereocenters. The van der Waals surface area contributed by atoms with Crippen molar-refractivity contribution in [2.24, 2.45) is 5.92 Å². The number of carbonyl (C=O) groups excluding carboxylic acids is 1. The summed E-state index contributed by atoms with van der Waals surface area (Å²) in [5.41, 5.74) is 4.93. The molecule has 1 aliphatic carbocycles. The van der Waals surface area contributed by atoms with E-state index in [1.807, 2.05) is 49.4 Å². The number of aryl methyl sites for hydroxylation is 3. The molecule has 0 bridgehead atoms. The van der Waals surface area contributed by atoms with Gasteiger partial charge in [-0.2, -0.15) is 4.31 Å². The van der Waals surface area contributed by atoms with Crippen molar-refractivity contribution < 1.29 is 17.7 Å². The molecule has 8 heteroatoms. The molecule has 2 heterocycles. The fourth-order valence-electron chi connectivity index (χ4n) is 5.33. The largest absolute Gasteiger partial charge is 0.355 e. The summed E-state index contributed by atoms with van der Waals surface area (Å²) in [5, 5.41) is 7.17. The number of piperidine rings is 1. The second-order valence-electron chi connectivity index (χ2n) is 10.0. The van der Waals surface area contributed by atoms with Crippen molar-refractivity contribution in [2.75, 3.05) is 13.1 Å². The minimum atomic E-state index is -3.81. The van der Waals surface area contributed by atoms with Crippen molar-refractivity contribution in [3.05, 3.63) is 82.2 Å². The number of nitrogens with zero attached hydrogens (tertiary/aromatic N) is 2. The molecule has 5 rings (SSSR count). The van der Waals surface area contributed by atoms with Crippen molar-refractivity contribution in [3.63, 3.8) is 0 Å². The SMILES string of the molecule is Cc1ccc(/C=C/c2onc(C)c2S(=O)(=O)N2CCC(C(=O)N[C@@H]3CCCc4ccccc43)CC2)cc1. The Morgan fingerprint density at radius 1 is 1.03 bits per heavy atom. The molecule has 2 aromatic carbocycles. The first-order chi connectivity index (χ1) is 17.8. The van der Waals surface area contributed by atoms with E-state index in [1.165, 1.54) is 15.4 Å². The zero-order valence-electron chi connectivity index (χ0n) is 21.3. The van der Waals surface area contributed by atoms with E-state index in [1.54, 1.807) is 13.0 Å². The Hall–Kier alpha value is -3.23. The number of fused-ring (bicyclic) bond motifs is 1. The van der Waals surface area contributed by atoms with Crippen LogP contribution in [-0.2, 0) is 21.2 Å². The monoisotopic (exact) mass is 519 g/mol. The molecular weight excluding hydrogens is 486 g/mol. The van der Waals surface area contributed by atoms with Crippen molar-refractivity contribution in [2.45, 2.75) is 56.9 Å². The second-order valence-corrected chi connectivity index (χ2v) is 11.9. The topological polar surface area (TPSA) is 92.5 Å². The fourth-order valence-corrected chi connectivity index (χ4v) is 7.05. The number of hydrogen-bond acceptors (Lipinski definition) is 5. The molecule has 1 fully saturated rings. The minimum absolute atomic E-state index is 0.0154. The van der Waals surface area contributed by atoms with Crippen molar-refractivity contribution in [3.8, 4) is 0 Å². The average Bonchev–Trinajstić information content (AvgIpc) is 3.29. The van der Waals surface area contributed by atoms with Crippen LogP contribution in [0.1, 0.15) is 65.4 Å². The zero-order chi connectivity index (χ0) is 26.0. The highest BCUT2D eigenvalue weighted by molar-refractivity contribution is 7.89. The lowest BCUT2D eigenvalue weighted by Gasteiger charge is -2.32. The highest BCUT2D eigenvalue weighted by Crippen LogP contribution is 2.32. The van der Waals surface area contributed by atoms with Crippen molar-refractivity contribution in [1.82, 2.24) is 14.8 Å². The summed E-state index contributed by atoms with van der Waals surface area (Å²) in [6.07, 6.45) is 7.47. The second kappa shape index (κ2) is 10.6. The Balaban J connectivity index is 1.25. The Labute approximate surface area is 218 Å². The van der Waals surface area contributed by atoms with E-state index in [4.69, 9.17) is 4.52 Å². The highest BCUT2D eigenvalue weighted by atomic mass is 32.2. The maximum atomic E-state index is 13.6. The van der Waals surface area contributed by atoms with Gasteiger partial charge in [0.1, 0.15) is 5.69 Å². The standard InChI is InChI=1S/C29H33N3O4S/c1-20-10-12-22(13-11-20)14-15-27-28(21(2)31-36-27)37(34,35)32-18-16-24(17-19-32)29(33)30-26-9-5-7-23-6-3-4-8-25(23)26/h3-4,6,8,10-15,24,26H,5,7,9,16-19H2,1-2H3,(H,30,33)/b15-14+/t26-/m1/s1. The van der Waals surface area contributed by atoms with Gasteiger partial charge in [-0.25, -0.2) is 8.42 Å². The molecule has 37 heavy (non-hydrogen) atoms. The number of carbonyl (C=O) groups is 1. The predicted molar refractivity (Wildman–Crippen MR) is 143 cm³/mol. The molecule has 7 nitrogen and oxygen atoms in total. The molecular formula is C29H33N3O4S. The molecule has 1 aromatic heterocycles. The molecule has 1 N–H and O–H groups in total. The van der Waals surface area contributed by atoms with Crippen LogP contribution in [0, 0.1) is 19.8 Å². The van der Waals surface area contributed by atoms with Gasteiger partial charge in [0.15, 0.2) is 10.7 Å². The number of sulfonamides is 1. The van der Waals surface area contributed by atoms with Gasteiger partial charge >= 0.3 is 0 Å². The molecule has 0 spiro atoms. The van der Waals surface area contributed by atoms with Crippen LogP contribution < -0.4 is 5.32 Å². The molecule has 1 saturated heterocycles. The normalized spacial score (nSPS) is 19.1. The van der Waals surface area contributed by atoms with Gasteiger partial charge in [-0.15, -0.1) is 0 Å². The fraction of sp³-hybridized carbons (Fsp3) is 0.379. The van der Waals surface area contributed by atoms with Gasteiger partial charge in [0.2, 0.25) is 15.9 Å². The highest BCUT2D eigenvalue weighted by Gasteiger charge is 2.36. The molecule has 3 aromatic rings. The van der Waals surface area contributed by atoms with Gasteiger partial charge in [-0.3, -0.25) is 4.79 Å². The van der Waals surface area contributed by atoms with Gasteiger partial charge in [0, 0.05) is 19.0 Å². The number of rotatable bonds is 6. The van der Waals surface area contributed by atoms with E-state index in [-0.39, 0.29) is 41.6 Å². The summed E-state index contributed by atoms with van der Waals surface area (Å²) in [7, 11) is -3.81. The molecule has 2 aliphatic rings. The smallest absolute Gasteiger partial charge is 0.248 e. The summed E-state index contributed by atoms with van der Waals surface area (Å²) in [4.78, 5) is 13.2. The third-order valence-electron chi connectivity index (χ3n) is 7.45. The van der Waals surface area contributed by atoms with Crippen LogP contribution in [0.15, 0.2) is 57.9 Å². The van der Waals surface area contributed by atoms with E-state index in [9.17, 15) is 13.2 Å². The first kappa shape index (κ1) is 25.4. The van der Waals surface area contributed by atoms with Crippen LogP contribution in [0.3, 0.4) is 0 Å². The van der Waals surface area contributed by atoms with Gasteiger partial charge in [-0.05, 0) is 68.7 Å². The van der Waals surface area contributed by atoms with Crippen LogP contribution >= 0.6 is 0 Å². The quantitative estimate of drug-likeness (QED) is 0.492. The van der Waals surface area contributed by atoms with E-state index < -0.39 is 10.0 Å².